The van der Waals surface area contributed by atoms with Gasteiger partial charge >= 0.3 is 5.97 Å². The van der Waals surface area contributed by atoms with E-state index in [0.717, 1.165) is 0 Å². The van der Waals surface area contributed by atoms with Gasteiger partial charge in [0.05, 0.1) is 12.4 Å². The number of carboxylic acids is 1. The number of aliphatic carboxylic acids is 1. The summed E-state index contributed by atoms with van der Waals surface area (Å²) in [6.07, 6.45) is 1.82. The number of nitrogens with zero attached hydrogens (tertiary/aromatic N) is 1. The van der Waals surface area contributed by atoms with Crippen LogP contribution >= 0.6 is 0 Å². The molecule has 208 valence electrons. The Morgan fingerprint density at radius 3 is 1.97 bits per heavy atom. The average Bonchev–Trinajstić information content (AvgIpc) is 3.36. The molecule has 0 aliphatic carbocycles. The molecule has 0 saturated carbocycles. The maximum absolute atomic E-state index is 13.4. The Hall–Kier alpha value is -3.97. The average molecular weight is 533 g/mol. The summed E-state index contributed by atoms with van der Waals surface area (Å²) in [5.74, 6) is -3.45. The van der Waals surface area contributed by atoms with Crippen molar-refractivity contribution < 1.29 is 34.5 Å². The molecule has 1 heterocycles. The van der Waals surface area contributed by atoms with E-state index in [4.69, 9.17) is 5.73 Å². The van der Waals surface area contributed by atoms with E-state index in [1.54, 1.807) is 12.1 Å². The first-order chi connectivity index (χ1) is 17.9. The minimum Gasteiger partial charge on any atom is -0.508 e. The quantitative estimate of drug-likeness (QED) is 0.152. The molecule has 1 aromatic heterocycles. The van der Waals surface area contributed by atoms with Crippen molar-refractivity contribution in [2.24, 2.45) is 11.7 Å². The second-order valence-corrected chi connectivity index (χ2v) is 9.57. The Balaban J connectivity index is 2.29. The smallest absolute Gasteiger partial charge is 0.326 e. The lowest BCUT2D eigenvalue weighted by Gasteiger charge is -2.26. The lowest BCUT2D eigenvalue weighted by Crippen LogP contribution is -2.59. The molecule has 13 nitrogen and oxygen atoms in total. The molecule has 0 spiro atoms. The number of aliphatic hydroxyl groups excluding tert-OH is 1. The van der Waals surface area contributed by atoms with Crippen molar-refractivity contribution >= 4 is 23.7 Å². The van der Waals surface area contributed by atoms with E-state index in [1.165, 1.54) is 31.6 Å². The topological polar surface area (TPSA) is 220 Å². The molecule has 0 bridgehead atoms. The summed E-state index contributed by atoms with van der Waals surface area (Å²) in [7, 11) is 0. The van der Waals surface area contributed by atoms with E-state index in [0.29, 0.717) is 11.3 Å². The first kappa shape index (κ1) is 30.3. The SMILES string of the molecule is CC(C)CC(NC(=O)C(Cc1cnc[nH]1)NC(=O)C(Cc1ccc(O)cc1)NC(=O)C(N)C(C)O)C(=O)O. The monoisotopic (exact) mass is 532 g/mol. The third kappa shape index (κ3) is 9.48. The highest BCUT2D eigenvalue weighted by Gasteiger charge is 2.31. The van der Waals surface area contributed by atoms with Gasteiger partial charge in [0.2, 0.25) is 17.7 Å². The van der Waals surface area contributed by atoms with Crippen LogP contribution in [0.1, 0.15) is 38.4 Å². The number of aromatic nitrogens is 2. The zero-order chi connectivity index (χ0) is 28.4. The fourth-order valence-electron chi connectivity index (χ4n) is 3.63. The Morgan fingerprint density at radius 1 is 0.921 bits per heavy atom. The number of phenols is 1. The predicted octanol–water partition coefficient (Wildman–Crippen LogP) is -0.806. The number of phenolic OH excluding ortho intramolecular Hbond substituents is 1. The number of carbonyl (C=O) groups excluding carboxylic acids is 3. The molecule has 2 rings (SSSR count). The molecule has 5 unspecified atom stereocenters. The van der Waals surface area contributed by atoms with E-state index in [1.807, 2.05) is 13.8 Å². The number of aromatic amines is 1. The largest absolute Gasteiger partial charge is 0.508 e. The molecular formula is C25H36N6O7. The van der Waals surface area contributed by atoms with Gasteiger partial charge in [-0.2, -0.15) is 0 Å². The van der Waals surface area contributed by atoms with Crippen LogP contribution in [0.25, 0.3) is 0 Å². The van der Waals surface area contributed by atoms with Crippen molar-refractivity contribution in [3.05, 3.63) is 48.0 Å². The summed E-state index contributed by atoms with van der Waals surface area (Å²) < 4.78 is 0. The number of amides is 3. The second kappa shape index (κ2) is 14.1. The number of benzene rings is 1. The van der Waals surface area contributed by atoms with Gasteiger partial charge in [0.15, 0.2) is 0 Å². The number of aliphatic hydroxyl groups is 1. The molecule has 38 heavy (non-hydrogen) atoms. The van der Waals surface area contributed by atoms with Crippen LogP contribution in [0.4, 0.5) is 0 Å². The summed E-state index contributed by atoms with van der Waals surface area (Å²) in [5.41, 5.74) is 6.83. The fourth-order valence-corrected chi connectivity index (χ4v) is 3.63. The maximum atomic E-state index is 13.4. The van der Waals surface area contributed by atoms with Gasteiger partial charge < -0.3 is 42.0 Å². The molecule has 1 aromatic carbocycles. The van der Waals surface area contributed by atoms with Crippen molar-refractivity contribution in [1.29, 1.82) is 0 Å². The summed E-state index contributed by atoms with van der Waals surface area (Å²) in [4.78, 5) is 57.5. The molecule has 5 atom stereocenters. The summed E-state index contributed by atoms with van der Waals surface area (Å²) in [5, 5.41) is 36.4. The number of hydrogen-bond acceptors (Lipinski definition) is 8. The standard InChI is InChI=1S/C25H36N6O7/c1-13(2)8-20(25(37)38)31-23(35)19(10-16-11-27-12-28-16)29-22(34)18(30-24(36)21(26)14(3)32)9-15-4-6-17(33)7-5-15/h4-7,11-14,18-21,32-33H,8-10,26H2,1-3H3,(H,27,28)(H,29,34)(H,30,36)(H,31,35)(H,37,38). The Morgan fingerprint density at radius 2 is 1.47 bits per heavy atom. The van der Waals surface area contributed by atoms with Crippen molar-refractivity contribution in [2.75, 3.05) is 0 Å². The van der Waals surface area contributed by atoms with Crippen molar-refractivity contribution in [1.82, 2.24) is 25.9 Å². The Kier molecular flexibility index (Phi) is 11.2. The van der Waals surface area contributed by atoms with Gasteiger partial charge in [-0.05, 0) is 37.0 Å². The second-order valence-electron chi connectivity index (χ2n) is 9.57. The van der Waals surface area contributed by atoms with E-state index in [2.05, 4.69) is 25.9 Å². The van der Waals surface area contributed by atoms with Crippen molar-refractivity contribution in [3.8, 4) is 5.75 Å². The molecule has 0 aliphatic rings. The number of H-pyrrole nitrogens is 1. The highest BCUT2D eigenvalue weighted by atomic mass is 16.4. The lowest BCUT2D eigenvalue weighted by atomic mass is 10.0. The number of imidazole rings is 1. The van der Waals surface area contributed by atoms with Gasteiger partial charge in [0.25, 0.3) is 0 Å². The van der Waals surface area contributed by atoms with Gasteiger partial charge in [-0.1, -0.05) is 26.0 Å². The summed E-state index contributed by atoms with van der Waals surface area (Å²) in [6.45, 7) is 4.97. The third-order valence-electron chi connectivity index (χ3n) is 5.77. The zero-order valence-electron chi connectivity index (χ0n) is 21.5. The van der Waals surface area contributed by atoms with Crippen LogP contribution in [-0.2, 0) is 32.0 Å². The Labute approximate surface area is 220 Å². The minimum atomic E-state index is -1.30. The lowest BCUT2D eigenvalue weighted by molar-refractivity contribution is -0.142. The van der Waals surface area contributed by atoms with Crippen LogP contribution in [0.5, 0.6) is 5.75 Å². The van der Waals surface area contributed by atoms with Crippen LogP contribution in [0, 0.1) is 5.92 Å². The van der Waals surface area contributed by atoms with E-state index in [9.17, 15) is 34.5 Å². The zero-order valence-corrected chi connectivity index (χ0v) is 21.5. The molecule has 3 amide bonds. The molecular weight excluding hydrogens is 496 g/mol. The minimum absolute atomic E-state index is 0.0138. The van der Waals surface area contributed by atoms with Crippen LogP contribution in [-0.4, -0.2) is 79.2 Å². The molecule has 0 radical (unpaired) electrons. The van der Waals surface area contributed by atoms with Crippen LogP contribution in [0.2, 0.25) is 0 Å². The van der Waals surface area contributed by atoms with Crippen LogP contribution < -0.4 is 21.7 Å². The van der Waals surface area contributed by atoms with Crippen molar-refractivity contribution in [2.45, 2.75) is 70.3 Å². The highest BCUT2D eigenvalue weighted by molar-refractivity contribution is 5.94. The Bertz CT molecular complexity index is 1070. The number of hydrogen-bond donors (Lipinski definition) is 8. The molecule has 0 fully saturated rings. The van der Waals surface area contributed by atoms with Gasteiger partial charge in [0, 0.05) is 24.7 Å². The first-order valence-corrected chi connectivity index (χ1v) is 12.2. The number of nitrogens with one attached hydrogen (secondary N) is 4. The molecule has 0 aliphatic heterocycles. The fraction of sp³-hybridized carbons (Fsp3) is 0.480. The van der Waals surface area contributed by atoms with Gasteiger partial charge in [0.1, 0.15) is 29.9 Å². The van der Waals surface area contributed by atoms with E-state index < -0.39 is 54.0 Å². The van der Waals surface area contributed by atoms with E-state index >= 15 is 0 Å². The number of nitrogens with two attached hydrogens (primary N) is 1. The number of carbonyl (C=O) groups is 4. The van der Waals surface area contributed by atoms with Crippen LogP contribution in [0.3, 0.4) is 0 Å². The molecule has 13 heteroatoms. The van der Waals surface area contributed by atoms with Crippen molar-refractivity contribution in [3.63, 3.8) is 0 Å². The number of carboxylic acid groups (broad SMARTS) is 1. The number of rotatable bonds is 14. The van der Waals surface area contributed by atoms with E-state index in [-0.39, 0.29) is 30.9 Å². The number of aromatic hydroxyl groups is 1. The maximum Gasteiger partial charge on any atom is 0.326 e. The molecule has 2 aromatic rings. The van der Waals surface area contributed by atoms with Gasteiger partial charge in [-0.3, -0.25) is 14.4 Å². The van der Waals surface area contributed by atoms with Gasteiger partial charge in [-0.15, -0.1) is 0 Å². The predicted molar refractivity (Wildman–Crippen MR) is 137 cm³/mol. The van der Waals surface area contributed by atoms with Gasteiger partial charge in [-0.25, -0.2) is 9.78 Å². The molecule has 9 N–H and O–H groups in total. The summed E-state index contributed by atoms with van der Waals surface area (Å²) >= 11 is 0. The van der Waals surface area contributed by atoms with Crippen LogP contribution in [0.15, 0.2) is 36.8 Å². The first-order valence-electron chi connectivity index (χ1n) is 12.2. The molecule has 0 saturated heterocycles. The third-order valence-corrected chi connectivity index (χ3v) is 5.77. The summed E-state index contributed by atoms with van der Waals surface area (Å²) in [6, 6.07) is 1.08. The normalized spacial score (nSPS) is 15.1. The highest BCUT2D eigenvalue weighted by Crippen LogP contribution is 2.12.